The lowest BCUT2D eigenvalue weighted by atomic mass is 9.94. The van der Waals surface area contributed by atoms with E-state index in [2.05, 4.69) is 0 Å². The first kappa shape index (κ1) is 37.9. The zero-order valence-corrected chi connectivity index (χ0v) is 27.9. The smallest absolute Gasteiger partial charge is 0.187 e. The summed E-state index contributed by atoms with van der Waals surface area (Å²) in [5.74, 6) is 0. The van der Waals surface area contributed by atoms with Crippen molar-refractivity contribution in [1.82, 2.24) is 0 Å². The Kier molecular flexibility index (Phi) is 16.1. The van der Waals surface area contributed by atoms with Crippen molar-refractivity contribution >= 4 is 0 Å². The fourth-order valence-corrected chi connectivity index (χ4v) is 6.52. The maximum absolute atomic E-state index is 6.63. The molecule has 3 fully saturated rings. The highest BCUT2D eigenvalue weighted by Crippen LogP contribution is 2.36. The van der Waals surface area contributed by atoms with Crippen LogP contribution in [-0.2, 0) is 71.1 Å². The van der Waals surface area contributed by atoms with Crippen molar-refractivity contribution in [3.8, 4) is 0 Å². The van der Waals surface area contributed by atoms with Crippen LogP contribution in [0, 0.1) is 0 Å². The molecule has 15 unspecified atom stereocenters. The second-order valence-corrected chi connectivity index (χ2v) is 10.9. The maximum atomic E-state index is 6.63. The normalized spacial score (nSPS) is 43.3. The van der Waals surface area contributed by atoms with E-state index in [9.17, 15) is 0 Å². The fourth-order valence-electron chi connectivity index (χ4n) is 6.52. The third kappa shape index (κ3) is 8.27. The van der Waals surface area contributed by atoms with Gasteiger partial charge in [0.2, 0.25) is 0 Å². The molecule has 44 heavy (non-hydrogen) atoms. The van der Waals surface area contributed by atoms with Gasteiger partial charge in [0.05, 0.1) is 25.9 Å². The van der Waals surface area contributed by atoms with Gasteiger partial charge in [-0.3, -0.25) is 0 Å². The van der Waals surface area contributed by atoms with E-state index in [1.165, 1.54) is 0 Å². The molecule has 0 radical (unpaired) electrons. The molecule has 3 heterocycles. The minimum absolute atomic E-state index is 0.148. The van der Waals surface area contributed by atoms with Crippen LogP contribution in [0.2, 0.25) is 0 Å². The first-order valence-electron chi connectivity index (χ1n) is 14.8. The van der Waals surface area contributed by atoms with Crippen LogP contribution in [0.5, 0.6) is 0 Å². The van der Waals surface area contributed by atoms with Crippen molar-refractivity contribution in [3.63, 3.8) is 0 Å². The summed E-state index contributed by atoms with van der Waals surface area (Å²) in [4.78, 5) is 0. The van der Waals surface area contributed by atoms with Crippen LogP contribution in [-0.4, -0.2) is 183 Å². The molecule has 3 aliphatic heterocycles. The summed E-state index contributed by atoms with van der Waals surface area (Å²) in [7, 11) is 15.8. The first-order valence-corrected chi connectivity index (χ1v) is 14.8. The quantitative estimate of drug-likeness (QED) is 0.211. The number of methoxy groups -OCH3 is 10. The van der Waals surface area contributed by atoms with Gasteiger partial charge >= 0.3 is 0 Å². The Bertz CT molecular complexity index is 794. The summed E-state index contributed by atoms with van der Waals surface area (Å²) in [6.07, 6.45) is -9.08. The van der Waals surface area contributed by atoms with Gasteiger partial charge < -0.3 is 71.1 Å². The molecule has 0 aromatic rings. The van der Waals surface area contributed by atoms with Crippen LogP contribution in [0.25, 0.3) is 0 Å². The third-order valence-corrected chi connectivity index (χ3v) is 8.53. The van der Waals surface area contributed by atoms with Gasteiger partial charge in [-0.25, -0.2) is 0 Å². The second kappa shape index (κ2) is 18.7. The number of hydrogen-bond donors (Lipinski definition) is 0. The van der Waals surface area contributed by atoms with Gasteiger partial charge in [0, 0.05) is 71.1 Å². The summed E-state index contributed by atoms with van der Waals surface area (Å²) < 4.78 is 89.7. The second-order valence-electron chi connectivity index (χ2n) is 10.9. The van der Waals surface area contributed by atoms with E-state index in [1.807, 2.05) is 6.92 Å². The predicted octanol–water partition coefficient (Wildman–Crippen LogP) is 0.0381. The summed E-state index contributed by atoms with van der Waals surface area (Å²) in [6.45, 7) is 2.58. The number of hydrogen-bond acceptors (Lipinski definition) is 15. The Morgan fingerprint density at radius 1 is 0.364 bits per heavy atom. The first-order chi connectivity index (χ1) is 21.3. The van der Waals surface area contributed by atoms with E-state index < -0.39 is 85.8 Å². The van der Waals surface area contributed by atoms with Crippen molar-refractivity contribution in [2.75, 3.05) is 90.9 Å². The molecule has 0 spiro atoms. The van der Waals surface area contributed by atoms with Crippen molar-refractivity contribution in [3.05, 3.63) is 0 Å². The van der Waals surface area contributed by atoms with E-state index in [-0.39, 0.29) is 25.9 Å². The lowest BCUT2D eigenvalue weighted by Crippen LogP contribution is -2.67. The van der Waals surface area contributed by atoms with Gasteiger partial charge in [-0.05, 0) is 6.92 Å². The lowest BCUT2D eigenvalue weighted by Gasteiger charge is -2.51. The summed E-state index contributed by atoms with van der Waals surface area (Å²) in [5.41, 5.74) is 0. The van der Waals surface area contributed by atoms with Crippen LogP contribution in [0.3, 0.4) is 0 Å². The van der Waals surface area contributed by atoms with Crippen LogP contribution in [0.1, 0.15) is 6.92 Å². The SMILES string of the molecule is COCC1OC(C)C(OC)C(OC)C1OC1OC(COC)C(OC2OC(COC)C(OC)C(OC)C2OC)C(OC)C1OC. The summed E-state index contributed by atoms with van der Waals surface area (Å²) in [5, 5.41) is 0. The molecule has 3 rings (SSSR count). The van der Waals surface area contributed by atoms with Gasteiger partial charge in [-0.1, -0.05) is 0 Å². The molecule has 15 nitrogen and oxygen atoms in total. The van der Waals surface area contributed by atoms with Gasteiger partial charge in [-0.2, -0.15) is 0 Å². The summed E-state index contributed by atoms with van der Waals surface area (Å²) >= 11 is 0. The van der Waals surface area contributed by atoms with Gasteiger partial charge in [0.1, 0.15) is 73.2 Å². The average Bonchev–Trinajstić information content (AvgIpc) is 3.02. The van der Waals surface area contributed by atoms with E-state index in [4.69, 9.17) is 71.1 Å². The third-order valence-electron chi connectivity index (χ3n) is 8.53. The van der Waals surface area contributed by atoms with Crippen LogP contribution >= 0.6 is 0 Å². The topological polar surface area (TPSA) is 138 Å². The maximum Gasteiger partial charge on any atom is 0.187 e. The number of rotatable bonds is 17. The highest BCUT2D eigenvalue weighted by atomic mass is 16.8. The average molecular weight is 643 g/mol. The molecule has 0 aliphatic carbocycles. The standard InChI is InChI=1S/C29H54O15/c1-15-19(33-5)23(35-7)21(17(40-15)13-31-3)43-29-27(39-11)25(37-9)22(18(42-29)14-32-4)44-28-26(38-10)24(36-8)20(34-6)16(41-28)12-30-2/h15-29H,12-14H2,1-11H3. The molecule has 0 N–H and O–H groups in total. The Labute approximate surface area is 261 Å². The van der Waals surface area contributed by atoms with Crippen molar-refractivity contribution in [2.24, 2.45) is 0 Å². The van der Waals surface area contributed by atoms with Crippen molar-refractivity contribution in [2.45, 2.75) is 98.9 Å². The van der Waals surface area contributed by atoms with Crippen LogP contribution in [0.4, 0.5) is 0 Å². The molecule has 0 saturated carbocycles. The van der Waals surface area contributed by atoms with E-state index in [0.717, 1.165) is 0 Å². The zero-order chi connectivity index (χ0) is 32.4. The van der Waals surface area contributed by atoms with Gasteiger partial charge in [0.15, 0.2) is 12.6 Å². The van der Waals surface area contributed by atoms with E-state index >= 15 is 0 Å². The summed E-state index contributed by atoms with van der Waals surface area (Å²) in [6, 6.07) is 0. The van der Waals surface area contributed by atoms with Crippen molar-refractivity contribution in [1.29, 1.82) is 0 Å². The van der Waals surface area contributed by atoms with E-state index in [1.54, 1.807) is 71.1 Å². The molecular weight excluding hydrogens is 588 g/mol. The predicted molar refractivity (Wildman–Crippen MR) is 153 cm³/mol. The number of ether oxygens (including phenoxy) is 15. The highest BCUT2D eigenvalue weighted by Gasteiger charge is 2.55. The lowest BCUT2D eigenvalue weighted by molar-refractivity contribution is -0.379. The molecule has 0 aromatic carbocycles. The molecule has 0 aromatic heterocycles. The molecule has 0 bridgehead atoms. The molecule has 15 heteroatoms. The largest absolute Gasteiger partial charge is 0.382 e. The van der Waals surface area contributed by atoms with E-state index in [0.29, 0.717) is 0 Å². The molecule has 3 saturated heterocycles. The molecule has 260 valence electrons. The van der Waals surface area contributed by atoms with Gasteiger partial charge in [0.25, 0.3) is 0 Å². The van der Waals surface area contributed by atoms with Crippen molar-refractivity contribution < 1.29 is 71.1 Å². The fraction of sp³-hybridized carbons (Fsp3) is 1.00. The van der Waals surface area contributed by atoms with Gasteiger partial charge in [-0.15, -0.1) is 0 Å². The molecule has 15 atom stereocenters. The molecular formula is C29H54O15. The Hall–Kier alpha value is -0.600. The zero-order valence-electron chi connectivity index (χ0n) is 27.9. The minimum atomic E-state index is -0.933. The Balaban J connectivity index is 1.92. The molecule has 3 aliphatic rings. The molecule has 0 amide bonds. The monoisotopic (exact) mass is 642 g/mol. The van der Waals surface area contributed by atoms with Crippen LogP contribution in [0.15, 0.2) is 0 Å². The highest BCUT2D eigenvalue weighted by molar-refractivity contribution is 4.99. The van der Waals surface area contributed by atoms with Crippen LogP contribution < -0.4 is 0 Å². The Morgan fingerprint density at radius 2 is 0.682 bits per heavy atom. The Morgan fingerprint density at radius 3 is 1.05 bits per heavy atom. The minimum Gasteiger partial charge on any atom is -0.382 e.